The van der Waals surface area contributed by atoms with Gasteiger partial charge in [0, 0.05) is 0 Å². The van der Waals surface area contributed by atoms with Gasteiger partial charge in [-0.05, 0) is 12.8 Å². The summed E-state index contributed by atoms with van der Waals surface area (Å²) in [6, 6.07) is 0. The molecule has 0 unspecified atom stereocenters. The van der Waals surface area contributed by atoms with Crippen LogP contribution in [-0.2, 0) is 16.7 Å². The third-order valence-electron chi connectivity index (χ3n) is 3.64. The second kappa shape index (κ2) is 6.74. The Morgan fingerprint density at radius 1 is 1.19 bits per heavy atom. The van der Waals surface area contributed by atoms with E-state index in [1.165, 1.54) is 0 Å². The Kier molecular flexibility index (Phi) is 5.21. The van der Waals surface area contributed by atoms with Gasteiger partial charge in [0.05, 0.1) is 18.6 Å². The summed E-state index contributed by atoms with van der Waals surface area (Å²) in [5, 5.41) is 3.89. The lowest BCUT2D eigenvalue weighted by Gasteiger charge is -2.23. The van der Waals surface area contributed by atoms with Gasteiger partial charge >= 0.3 is 6.18 Å². The second-order valence-corrected chi connectivity index (χ2v) is 5.50. The van der Waals surface area contributed by atoms with E-state index in [1.807, 2.05) is 0 Å². The molecule has 1 aliphatic carbocycles. The first-order chi connectivity index (χ1) is 9.89. The molecule has 1 aromatic rings. The largest absolute Gasteiger partial charge is 0.411 e. The molecular weight excluding hydrogens is 287 g/mol. The predicted octanol–water partition coefficient (Wildman–Crippen LogP) is 2.70. The van der Waals surface area contributed by atoms with Crippen molar-refractivity contribution in [1.29, 1.82) is 0 Å². The molecule has 1 fully saturated rings. The fourth-order valence-corrected chi connectivity index (χ4v) is 2.49. The van der Waals surface area contributed by atoms with Crippen LogP contribution >= 0.6 is 0 Å². The van der Waals surface area contributed by atoms with E-state index in [1.54, 1.807) is 0 Å². The molecule has 0 spiro atoms. The summed E-state index contributed by atoms with van der Waals surface area (Å²) >= 11 is 0. The van der Waals surface area contributed by atoms with Crippen LogP contribution in [0.25, 0.3) is 0 Å². The molecular formula is C13H20F3N3O2. The number of aromatic nitrogens is 2. The topological polar surface area (TPSA) is 74.2 Å². The van der Waals surface area contributed by atoms with Crippen molar-refractivity contribution < 1.29 is 22.4 Å². The monoisotopic (exact) mass is 307 g/mol. The van der Waals surface area contributed by atoms with Crippen LogP contribution in [0.1, 0.15) is 50.2 Å². The van der Waals surface area contributed by atoms with Crippen molar-refractivity contribution in [3.05, 3.63) is 11.7 Å². The Hall–Kier alpha value is -1.15. The lowest BCUT2D eigenvalue weighted by atomic mass is 9.91. The summed E-state index contributed by atoms with van der Waals surface area (Å²) in [6.07, 6.45) is 1.78. The summed E-state index contributed by atoms with van der Waals surface area (Å²) < 4.78 is 45.3. The van der Waals surface area contributed by atoms with Crippen LogP contribution in [0.2, 0.25) is 0 Å². The maximum Gasteiger partial charge on any atom is 0.411 e. The molecule has 2 N–H and O–H groups in total. The van der Waals surface area contributed by atoms with Gasteiger partial charge in [-0.25, -0.2) is 0 Å². The first-order valence-corrected chi connectivity index (χ1v) is 7.15. The molecule has 8 heteroatoms. The van der Waals surface area contributed by atoms with Gasteiger partial charge in [0.25, 0.3) is 0 Å². The highest BCUT2D eigenvalue weighted by Gasteiger charge is 2.33. The zero-order valence-electron chi connectivity index (χ0n) is 11.8. The van der Waals surface area contributed by atoms with Gasteiger partial charge < -0.3 is 15.0 Å². The smallest absolute Gasteiger partial charge is 0.372 e. The van der Waals surface area contributed by atoms with Crippen LogP contribution in [0.3, 0.4) is 0 Å². The average Bonchev–Trinajstić information content (AvgIpc) is 2.77. The molecule has 2 rings (SSSR count). The third kappa shape index (κ3) is 4.96. The van der Waals surface area contributed by atoms with Crippen molar-refractivity contribution in [3.63, 3.8) is 0 Å². The Morgan fingerprint density at radius 3 is 2.48 bits per heavy atom. The molecule has 21 heavy (non-hydrogen) atoms. The molecule has 5 nitrogen and oxygen atoms in total. The van der Waals surface area contributed by atoms with Crippen LogP contribution in [0.15, 0.2) is 4.52 Å². The molecule has 0 amide bonds. The quantitative estimate of drug-likeness (QED) is 0.669. The minimum atomic E-state index is -4.32. The lowest BCUT2D eigenvalue weighted by molar-refractivity contribution is -0.173. The van der Waals surface area contributed by atoms with Gasteiger partial charge in [0.2, 0.25) is 5.89 Å². The number of ether oxygens (including phenoxy) is 1. The number of nitrogens with two attached hydrogens (primary N) is 1. The van der Waals surface area contributed by atoms with Gasteiger partial charge in [0.15, 0.2) is 5.82 Å². The number of nitrogens with zero attached hydrogens (tertiary/aromatic N) is 2. The zero-order chi connectivity index (χ0) is 15.3. The fourth-order valence-electron chi connectivity index (χ4n) is 2.49. The van der Waals surface area contributed by atoms with E-state index in [0.29, 0.717) is 5.82 Å². The molecule has 1 aromatic heterocycles. The minimum Gasteiger partial charge on any atom is -0.372 e. The Labute approximate surface area is 121 Å². The van der Waals surface area contributed by atoms with Crippen molar-refractivity contribution in [1.82, 2.24) is 10.1 Å². The van der Waals surface area contributed by atoms with E-state index < -0.39 is 18.3 Å². The predicted molar refractivity (Wildman–Crippen MR) is 68.4 cm³/mol. The molecule has 0 bridgehead atoms. The van der Waals surface area contributed by atoms with Crippen LogP contribution < -0.4 is 5.73 Å². The Balaban J connectivity index is 1.86. The van der Waals surface area contributed by atoms with E-state index in [-0.39, 0.29) is 18.9 Å². The molecule has 1 aliphatic rings. The van der Waals surface area contributed by atoms with Gasteiger partial charge in [-0.1, -0.05) is 30.8 Å². The number of alkyl halides is 3. The van der Waals surface area contributed by atoms with E-state index >= 15 is 0 Å². The van der Waals surface area contributed by atoms with Crippen molar-refractivity contribution >= 4 is 0 Å². The standard InChI is InChI=1S/C13H20F3N3O2/c14-13(15,16)9-20-8-5-10-18-11(19-21-10)12(17)6-3-1-2-4-7-12/h1-9,17H2. The van der Waals surface area contributed by atoms with E-state index in [4.69, 9.17) is 10.3 Å². The molecule has 0 aliphatic heterocycles. The fraction of sp³-hybridized carbons (Fsp3) is 0.846. The van der Waals surface area contributed by atoms with Crippen molar-refractivity contribution in [2.45, 2.75) is 56.7 Å². The summed E-state index contributed by atoms with van der Waals surface area (Å²) in [5.41, 5.74) is 5.76. The van der Waals surface area contributed by atoms with Crippen molar-refractivity contribution in [2.24, 2.45) is 5.73 Å². The third-order valence-corrected chi connectivity index (χ3v) is 3.64. The number of hydrogen-bond acceptors (Lipinski definition) is 5. The van der Waals surface area contributed by atoms with Crippen molar-refractivity contribution in [3.8, 4) is 0 Å². The summed E-state index contributed by atoms with van der Waals surface area (Å²) in [6.45, 7) is -1.38. The molecule has 0 atom stereocenters. The van der Waals surface area contributed by atoms with E-state index in [2.05, 4.69) is 14.9 Å². The number of hydrogen-bond donors (Lipinski definition) is 1. The summed E-state index contributed by atoms with van der Waals surface area (Å²) in [4.78, 5) is 4.22. The van der Waals surface area contributed by atoms with Gasteiger partial charge in [-0.2, -0.15) is 18.2 Å². The second-order valence-electron chi connectivity index (χ2n) is 5.50. The van der Waals surface area contributed by atoms with Crippen LogP contribution in [0.5, 0.6) is 0 Å². The van der Waals surface area contributed by atoms with Crippen LogP contribution in [-0.4, -0.2) is 29.5 Å². The molecule has 1 saturated carbocycles. The van der Waals surface area contributed by atoms with E-state index in [0.717, 1.165) is 38.5 Å². The lowest BCUT2D eigenvalue weighted by Crippen LogP contribution is -2.37. The first-order valence-electron chi connectivity index (χ1n) is 7.15. The summed E-state index contributed by atoms with van der Waals surface area (Å²) in [7, 11) is 0. The first kappa shape index (κ1) is 16.2. The number of rotatable bonds is 5. The number of halogens is 3. The van der Waals surface area contributed by atoms with Gasteiger partial charge in [-0.15, -0.1) is 0 Å². The van der Waals surface area contributed by atoms with Gasteiger partial charge in [0.1, 0.15) is 6.61 Å². The highest BCUT2D eigenvalue weighted by Crippen LogP contribution is 2.31. The highest BCUT2D eigenvalue weighted by atomic mass is 19.4. The van der Waals surface area contributed by atoms with Crippen molar-refractivity contribution in [2.75, 3.05) is 13.2 Å². The zero-order valence-corrected chi connectivity index (χ0v) is 11.8. The molecule has 120 valence electrons. The molecule has 1 heterocycles. The Morgan fingerprint density at radius 2 is 1.86 bits per heavy atom. The maximum absolute atomic E-state index is 11.9. The average molecular weight is 307 g/mol. The normalized spacial score (nSPS) is 19.4. The molecule has 0 aromatic carbocycles. The maximum atomic E-state index is 11.9. The minimum absolute atomic E-state index is 0.112. The van der Waals surface area contributed by atoms with Gasteiger partial charge in [-0.3, -0.25) is 0 Å². The van der Waals surface area contributed by atoms with Crippen LogP contribution in [0.4, 0.5) is 13.2 Å². The SMILES string of the molecule is NC1(c2noc(CCOCC(F)(F)F)n2)CCCCCC1. The Bertz CT molecular complexity index is 440. The van der Waals surface area contributed by atoms with Crippen LogP contribution in [0, 0.1) is 0 Å². The highest BCUT2D eigenvalue weighted by molar-refractivity contribution is 5.04. The van der Waals surface area contributed by atoms with E-state index in [9.17, 15) is 13.2 Å². The molecule has 0 radical (unpaired) electrons. The molecule has 0 saturated heterocycles. The summed E-state index contributed by atoms with van der Waals surface area (Å²) in [5.74, 6) is 0.719.